The van der Waals surface area contributed by atoms with Crippen LogP contribution in [0.3, 0.4) is 0 Å². The molecule has 2 aliphatic heterocycles. The molecule has 164 valence electrons. The fourth-order valence-corrected chi connectivity index (χ4v) is 3.85. The van der Waals surface area contributed by atoms with Crippen molar-refractivity contribution in [1.82, 2.24) is 15.5 Å². The van der Waals surface area contributed by atoms with Gasteiger partial charge < -0.3 is 25.0 Å². The van der Waals surface area contributed by atoms with E-state index in [2.05, 4.69) is 20.5 Å². The van der Waals surface area contributed by atoms with Crippen molar-refractivity contribution in [2.24, 2.45) is 4.99 Å². The van der Waals surface area contributed by atoms with Crippen LogP contribution in [0.25, 0.3) is 0 Å². The Balaban J connectivity index is 0.00000300. The molecule has 0 saturated carbocycles. The Hall–Kier alpha value is -1.13. The minimum Gasteiger partial charge on any atom is -0.467 e. The highest BCUT2D eigenvalue weighted by Gasteiger charge is 2.16. The van der Waals surface area contributed by atoms with Crippen LogP contribution in [-0.2, 0) is 17.8 Å². The van der Waals surface area contributed by atoms with Gasteiger partial charge in [-0.05, 0) is 63.0 Å². The zero-order valence-corrected chi connectivity index (χ0v) is 19.7. The highest BCUT2D eigenvalue weighted by atomic mass is 127. The first-order valence-electron chi connectivity index (χ1n) is 10.4. The zero-order chi connectivity index (χ0) is 19.6. The normalized spacial score (nSPS) is 17.5. The SMILES string of the molecule is CN=C(NCCCN1CCCCCC1)NCCc1cc(F)cc2c1OCOC2.I. The summed E-state index contributed by atoms with van der Waals surface area (Å²) in [4.78, 5) is 6.85. The Labute approximate surface area is 190 Å². The van der Waals surface area contributed by atoms with Crippen LogP contribution in [0.1, 0.15) is 43.2 Å². The third-order valence-corrected chi connectivity index (χ3v) is 5.30. The number of likely N-dealkylation sites (tertiary alicyclic amines) is 1. The summed E-state index contributed by atoms with van der Waals surface area (Å²) >= 11 is 0. The number of ether oxygens (including phenoxy) is 2. The number of benzene rings is 1. The van der Waals surface area contributed by atoms with E-state index < -0.39 is 0 Å². The molecular formula is C21H34FIN4O2. The van der Waals surface area contributed by atoms with Crippen LogP contribution >= 0.6 is 24.0 Å². The van der Waals surface area contributed by atoms with E-state index in [0.29, 0.717) is 19.6 Å². The van der Waals surface area contributed by atoms with Gasteiger partial charge in [-0.3, -0.25) is 4.99 Å². The van der Waals surface area contributed by atoms with Gasteiger partial charge in [0.1, 0.15) is 11.6 Å². The fraction of sp³-hybridized carbons (Fsp3) is 0.667. The Morgan fingerprint density at radius 3 is 2.66 bits per heavy atom. The van der Waals surface area contributed by atoms with Gasteiger partial charge in [0, 0.05) is 25.7 Å². The van der Waals surface area contributed by atoms with E-state index in [9.17, 15) is 4.39 Å². The summed E-state index contributed by atoms with van der Waals surface area (Å²) < 4.78 is 24.6. The molecule has 0 amide bonds. The first kappa shape index (κ1) is 24.1. The second-order valence-corrected chi connectivity index (χ2v) is 7.45. The van der Waals surface area contributed by atoms with Crippen molar-refractivity contribution in [3.8, 4) is 5.75 Å². The van der Waals surface area contributed by atoms with Crippen molar-refractivity contribution in [1.29, 1.82) is 0 Å². The van der Waals surface area contributed by atoms with Gasteiger partial charge in [-0.2, -0.15) is 0 Å². The van der Waals surface area contributed by atoms with Gasteiger partial charge >= 0.3 is 0 Å². The maximum Gasteiger partial charge on any atom is 0.190 e. The minimum atomic E-state index is -0.251. The monoisotopic (exact) mass is 520 g/mol. The van der Waals surface area contributed by atoms with Crippen molar-refractivity contribution < 1.29 is 13.9 Å². The molecule has 0 bridgehead atoms. The number of guanidine groups is 1. The number of nitrogens with zero attached hydrogens (tertiary/aromatic N) is 2. The Kier molecular flexibility index (Phi) is 11.0. The summed E-state index contributed by atoms with van der Waals surface area (Å²) in [5.74, 6) is 1.29. The summed E-state index contributed by atoms with van der Waals surface area (Å²) in [5, 5.41) is 6.68. The molecule has 3 rings (SSSR count). The molecule has 29 heavy (non-hydrogen) atoms. The molecule has 0 aromatic heterocycles. The summed E-state index contributed by atoms with van der Waals surface area (Å²) in [7, 11) is 1.77. The third-order valence-electron chi connectivity index (χ3n) is 5.30. The highest BCUT2D eigenvalue weighted by Crippen LogP contribution is 2.29. The molecule has 2 aliphatic rings. The Morgan fingerprint density at radius 2 is 1.90 bits per heavy atom. The molecule has 1 fully saturated rings. The van der Waals surface area contributed by atoms with Crippen molar-refractivity contribution in [2.75, 3.05) is 46.6 Å². The summed E-state index contributed by atoms with van der Waals surface area (Å²) in [6, 6.07) is 3.03. The van der Waals surface area contributed by atoms with Crippen LogP contribution in [0.15, 0.2) is 17.1 Å². The lowest BCUT2D eigenvalue weighted by atomic mass is 10.1. The standard InChI is InChI=1S/C21H33FN4O2.HI/c1-23-21(24-8-6-12-26-10-4-2-3-5-11-26)25-9-7-17-13-19(22)14-18-15-27-16-28-20(17)18;/h13-14H,2-12,15-16H2,1H3,(H2,23,24,25);1H. The fourth-order valence-electron chi connectivity index (χ4n) is 3.85. The van der Waals surface area contributed by atoms with Crippen LogP contribution in [0.2, 0.25) is 0 Å². The lowest BCUT2D eigenvalue weighted by Crippen LogP contribution is -2.39. The predicted octanol–water partition coefficient (Wildman–Crippen LogP) is 3.28. The van der Waals surface area contributed by atoms with Gasteiger partial charge in [-0.15, -0.1) is 24.0 Å². The lowest BCUT2D eigenvalue weighted by Gasteiger charge is -2.21. The molecule has 1 saturated heterocycles. The van der Waals surface area contributed by atoms with E-state index in [1.165, 1.54) is 44.8 Å². The Morgan fingerprint density at radius 1 is 1.14 bits per heavy atom. The van der Waals surface area contributed by atoms with Gasteiger partial charge in [0.05, 0.1) is 6.61 Å². The molecule has 0 atom stereocenters. The smallest absolute Gasteiger partial charge is 0.190 e. The number of halogens is 2. The van der Waals surface area contributed by atoms with Gasteiger partial charge in [0.2, 0.25) is 0 Å². The average molecular weight is 520 g/mol. The van der Waals surface area contributed by atoms with Crippen LogP contribution in [0, 0.1) is 5.82 Å². The summed E-state index contributed by atoms with van der Waals surface area (Å²) in [6.07, 6.45) is 7.17. The first-order chi connectivity index (χ1) is 13.8. The van der Waals surface area contributed by atoms with Crippen molar-refractivity contribution in [2.45, 2.75) is 45.1 Å². The molecule has 2 N–H and O–H groups in total. The van der Waals surface area contributed by atoms with E-state index in [1.807, 2.05) is 0 Å². The molecule has 0 unspecified atom stereocenters. The third kappa shape index (κ3) is 7.90. The van der Waals surface area contributed by atoms with E-state index in [-0.39, 0.29) is 36.6 Å². The first-order valence-corrected chi connectivity index (χ1v) is 10.4. The summed E-state index contributed by atoms with van der Waals surface area (Å²) in [5.41, 5.74) is 1.64. The average Bonchev–Trinajstić information content (AvgIpc) is 2.98. The zero-order valence-electron chi connectivity index (χ0n) is 17.3. The van der Waals surface area contributed by atoms with Gasteiger partial charge in [0.25, 0.3) is 0 Å². The van der Waals surface area contributed by atoms with Crippen molar-refractivity contribution >= 4 is 29.9 Å². The maximum absolute atomic E-state index is 13.8. The number of nitrogens with one attached hydrogen (secondary N) is 2. The number of hydrogen-bond acceptors (Lipinski definition) is 4. The predicted molar refractivity (Wildman–Crippen MR) is 125 cm³/mol. The molecule has 6 nitrogen and oxygen atoms in total. The molecule has 0 radical (unpaired) electrons. The highest BCUT2D eigenvalue weighted by molar-refractivity contribution is 14.0. The largest absolute Gasteiger partial charge is 0.467 e. The maximum atomic E-state index is 13.8. The number of fused-ring (bicyclic) bond motifs is 1. The van der Waals surface area contributed by atoms with E-state index in [1.54, 1.807) is 13.1 Å². The van der Waals surface area contributed by atoms with Gasteiger partial charge in [0.15, 0.2) is 12.8 Å². The molecular weight excluding hydrogens is 486 g/mol. The minimum absolute atomic E-state index is 0. The summed E-state index contributed by atoms with van der Waals surface area (Å²) in [6.45, 7) is 5.78. The number of rotatable bonds is 7. The van der Waals surface area contributed by atoms with Crippen LogP contribution in [0.5, 0.6) is 5.75 Å². The molecule has 1 aromatic rings. The topological polar surface area (TPSA) is 58.1 Å². The lowest BCUT2D eigenvalue weighted by molar-refractivity contribution is -0.0172. The molecule has 1 aromatic carbocycles. The van der Waals surface area contributed by atoms with E-state index >= 15 is 0 Å². The second kappa shape index (κ2) is 13.2. The van der Waals surface area contributed by atoms with Crippen LogP contribution in [-0.4, -0.2) is 57.4 Å². The van der Waals surface area contributed by atoms with Crippen LogP contribution in [0.4, 0.5) is 4.39 Å². The molecule has 8 heteroatoms. The van der Waals surface area contributed by atoms with E-state index in [4.69, 9.17) is 9.47 Å². The number of aliphatic imine (C=N–C) groups is 1. The molecule has 2 heterocycles. The number of hydrogen-bond donors (Lipinski definition) is 2. The van der Waals surface area contributed by atoms with E-state index in [0.717, 1.165) is 42.3 Å². The van der Waals surface area contributed by atoms with Crippen LogP contribution < -0.4 is 15.4 Å². The molecule has 0 spiro atoms. The second-order valence-electron chi connectivity index (χ2n) is 7.45. The van der Waals surface area contributed by atoms with Crippen molar-refractivity contribution in [3.63, 3.8) is 0 Å². The van der Waals surface area contributed by atoms with Gasteiger partial charge in [-0.25, -0.2) is 4.39 Å². The van der Waals surface area contributed by atoms with Crippen molar-refractivity contribution in [3.05, 3.63) is 29.1 Å². The molecule has 0 aliphatic carbocycles. The Bertz CT molecular complexity index is 652. The quantitative estimate of drug-likeness (QED) is 0.250. The van der Waals surface area contributed by atoms with Gasteiger partial charge in [-0.1, -0.05) is 12.8 Å².